The first kappa shape index (κ1) is 13.1. The molecule has 0 fully saturated rings. The van der Waals surface area contributed by atoms with E-state index in [-0.39, 0.29) is 0 Å². The number of halogens is 2. The third-order valence-corrected chi connectivity index (χ3v) is 4.94. The van der Waals surface area contributed by atoms with Crippen molar-refractivity contribution in [3.05, 3.63) is 67.8 Å². The first-order valence-corrected chi connectivity index (χ1v) is 7.80. The fourth-order valence-electron chi connectivity index (χ4n) is 2.06. The van der Waals surface area contributed by atoms with Crippen LogP contribution in [0.5, 0.6) is 0 Å². The summed E-state index contributed by atoms with van der Waals surface area (Å²) in [4.78, 5) is 0.790. The Morgan fingerprint density at radius 1 is 1.05 bits per heavy atom. The van der Waals surface area contributed by atoms with E-state index in [1.165, 1.54) is 11.3 Å². The smallest absolute Gasteiger partial charge is 0.115 e. The number of aliphatic hydroxyl groups excluding tert-OH is 1. The first-order valence-electron chi connectivity index (χ1n) is 5.75. The highest BCUT2D eigenvalue weighted by molar-refractivity contribution is 9.10. The highest BCUT2D eigenvalue weighted by atomic mass is 79.9. The molecule has 1 aromatic heterocycles. The van der Waals surface area contributed by atoms with Crippen molar-refractivity contribution in [1.29, 1.82) is 0 Å². The van der Waals surface area contributed by atoms with Crippen LogP contribution in [0.25, 0.3) is 10.8 Å². The summed E-state index contributed by atoms with van der Waals surface area (Å²) in [6.45, 7) is 0. The molecule has 3 rings (SSSR count). The number of aliphatic hydroxyl groups is 1. The largest absolute Gasteiger partial charge is 0.383 e. The Morgan fingerprint density at radius 2 is 1.79 bits per heavy atom. The van der Waals surface area contributed by atoms with E-state index in [1.807, 2.05) is 41.8 Å². The van der Waals surface area contributed by atoms with Crippen LogP contribution in [0.15, 0.2) is 52.3 Å². The zero-order valence-electron chi connectivity index (χ0n) is 9.81. The lowest BCUT2D eigenvalue weighted by atomic mass is 10.0. The molecule has 1 atom stereocenters. The normalized spacial score (nSPS) is 12.8. The van der Waals surface area contributed by atoms with Gasteiger partial charge in [-0.05, 0) is 46.0 Å². The number of fused-ring (bicyclic) bond motifs is 1. The third-order valence-electron chi connectivity index (χ3n) is 3.04. The molecule has 4 heteroatoms. The molecule has 0 radical (unpaired) electrons. The molecule has 0 aliphatic carbocycles. The lowest BCUT2D eigenvalue weighted by molar-refractivity contribution is 0.224. The van der Waals surface area contributed by atoms with Gasteiger partial charge in [0.15, 0.2) is 0 Å². The molecule has 19 heavy (non-hydrogen) atoms. The van der Waals surface area contributed by atoms with Crippen molar-refractivity contribution in [3.63, 3.8) is 0 Å². The fraction of sp³-hybridized carbons (Fsp3) is 0.0667. The van der Waals surface area contributed by atoms with E-state index in [4.69, 9.17) is 11.6 Å². The van der Waals surface area contributed by atoms with Crippen molar-refractivity contribution in [2.45, 2.75) is 6.10 Å². The molecular weight excluding hydrogens is 344 g/mol. The van der Waals surface area contributed by atoms with Gasteiger partial charge in [0.25, 0.3) is 0 Å². The van der Waals surface area contributed by atoms with Crippen molar-refractivity contribution in [1.82, 2.24) is 0 Å². The fourth-order valence-corrected chi connectivity index (χ4v) is 3.61. The number of benzene rings is 2. The molecule has 1 nitrogen and oxygen atoms in total. The molecule has 96 valence electrons. The van der Waals surface area contributed by atoms with Crippen LogP contribution in [0.4, 0.5) is 0 Å². The van der Waals surface area contributed by atoms with Gasteiger partial charge in [-0.3, -0.25) is 0 Å². The minimum absolute atomic E-state index is 0.619. The zero-order chi connectivity index (χ0) is 13.4. The average Bonchev–Trinajstić information content (AvgIpc) is 2.83. The monoisotopic (exact) mass is 352 g/mol. The van der Waals surface area contributed by atoms with E-state index in [0.717, 1.165) is 25.7 Å². The van der Waals surface area contributed by atoms with Gasteiger partial charge in [0.1, 0.15) is 6.10 Å². The van der Waals surface area contributed by atoms with E-state index in [0.29, 0.717) is 5.02 Å². The molecule has 0 aliphatic rings. The van der Waals surface area contributed by atoms with Gasteiger partial charge >= 0.3 is 0 Å². The lowest BCUT2D eigenvalue weighted by Gasteiger charge is -2.11. The quantitative estimate of drug-likeness (QED) is 0.654. The molecule has 1 N–H and O–H groups in total. The van der Waals surface area contributed by atoms with E-state index < -0.39 is 6.10 Å². The van der Waals surface area contributed by atoms with Crippen LogP contribution >= 0.6 is 38.9 Å². The minimum atomic E-state index is -0.666. The van der Waals surface area contributed by atoms with Gasteiger partial charge in [0, 0.05) is 4.47 Å². The summed E-state index contributed by atoms with van der Waals surface area (Å²) in [7, 11) is 0. The molecule has 0 bridgehead atoms. The van der Waals surface area contributed by atoms with Crippen molar-refractivity contribution in [2.24, 2.45) is 0 Å². The molecule has 0 amide bonds. The van der Waals surface area contributed by atoms with Crippen molar-refractivity contribution < 1.29 is 5.11 Å². The Morgan fingerprint density at radius 3 is 2.53 bits per heavy atom. The summed E-state index contributed by atoms with van der Waals surface area (Å²) in [6, 6.07) is 13.9. The molecule has 3 aromatic rings. The summed E-state index contributed by atoms with van der Waals surface area (Å²) >= 11 is 11.0. The number of hydrogen-bond acceptors (Lipinski definition) is 2. The SMILES string of the molecule is OC(c1ccc2cc(Br)ccc2c1)c1sccc1Cl. The van der Waals surface area contributed by atoms with Crippen molar-refractivity contribution in [3.8, 4) is 0 Å². The Balaban J connectivity index is 2.06. The van der Waals surface area contributed by atoms with Gasteiger partial charge in [-0.25, -0.2) is 0 Å². The van der Waals surface area contributed by atoms with E-state index >= 15 is 0 Å². The third kappa shape index (κ3) is 2.56. The molecule has 1 unspecified atom stereocenters. The highest BCUT2D eigenvalue weighted by Gasteiger charge is 2.15. The molecule has 0 saturated carbocycles. The molecule has 0 spiro atoms. The van der Waals surface area contributed by atoms with Crippen LogP contribution in [0.1, 0.15) is 16.5 Å². The predicted molar refractivity (Wildman–Crippen MR) is 85.0 cm³/mol. The topological polar surface area (TPSA) is 20.2 Å². The summed E-state index contributed by atoms with van der Waals surface area (Å²) in [5, 5.41) is 15.1. The summed E-state index contributed by atoms with van der Waals surface area (Å²) in [6.07, 6.45) is -0.666. The highest BCUT2D eigenvalue weighted by Crippen LogP contribution is 2.34. The van der Waals surface area contributed by atoms with Gasteiger partial charge in [-0.1, -0.05) is 45.7 Å². The van der Waals surface area contributed by atoms with Crippen molar-refractivity contribution >= 4 is 49.6 Å². The van der Waals surface area contributed by atoms with Gasteiger partial charge in [-0.15, -0.1) is 11.3 Å². The summed E-state index contributed by atoms with van der Waals surface area (Å²) in [5.74, 6) is 0. The Hall–Kier alpha value is -0.870. The maximum Gasteiger partial charge on any atom is 0.115 e. The van der Waals surface area contributed by atoms with Crippen LogP contribution in [0.2, 0.25) is 5.02 Å². The summed E-state index contributed by atoms with van der Waals surface area (Å²) < 4.78 is 1.05. The number of hydrogen-bond donors (Lipinski definition) is 1. The van der Waals surface area contributed by atoms with Crippen LogP contribution < -0.4 is 0 Å². The van der Waals surface area contributed by atoms with Gasteiger partial charge in [0.2, 0.25) is 0 Å². The molecule has 0 saturated heterocycles. The van der Waals surface area contributed by atoms with Gasteiger partial charge in [0.05, 0.1) is 9.90 Å². The van der Waals surface area contributed by atoms with Crippen LogP contribution in [-0.2, 0) is 0 Å². The predicted octanol–water partition coefficient (Wildman–Crippen LogP) is 5.40. The molecular formula is C15H10BrClOS. The minimum Gasteiger partial charge on any atom is -0.383 e. The van der Waals surface area contributed by atoms with Crippen LogP contribution in [0, 0.1) is 0 Å². The molecule has 0 aliphatic heterocycles. The summed E-state index contributed by atoms with van der Waals surface area (Å²) in [5.41, 5.74) is 0.860. The maximum absolute atomic E-state index is 10.4. The zero-order valence-corrected chi connectivity index (χ0v) is 13.0. The Bertz CT molecular complexity index is 738. The van der Waals surface area contributed by atoms with E-state index in [2.05, 4.69) is 22.0 Å². The number of thiophene rings is 1. The Labute approximate surface area is 128 Å². The van der Waals surface area contributed by atoms with Crippen molar-refractivity contribution in [2.75, 3.05) is 0 Å². The molecule has 2 aromatic carbocycles. The van der Waals surface area contributed by atoms with E-state index in [9.17, 15) is 5.11 Å². The first-order chi connectivity index (χ1) is 9.15. The van der Waals surface area contributed by atoms with Gasteiger partial charge < -0.3 is 5.11 Å². The maximum atomic E-state index is 10.4. The lowest BCUT2D eigenvalue weighted by Crippen LogP contribution is -1.97. The standard InChI is InChI=1S/C15H10BrClOS/c16-12-4-3-9-7-11(2-1-10(9)8-12)14(18)15-13(17)5-6-19-15/h1-8,14,18H. The number of rotatable bonds is 2. The van der Waals surface area contributed by atoms with E-state index in [1.54, 1.807) is 0 Å². The second-order valence-electron chi connectivity index (χ2n) is 4.29. The molecule has 1 heterocycles. The van der Waals surface area contributed by atoms with Crippen LogP contribution in [-0.4, -0.2) is 5.11 Å². The Kier molecular flexibility index (Phi) is 3.63. The second-order valence-corrected chi connectivity index (χ2v) is 6.56. The second kappa shape index (κ2) is 5.25. The van der Waals surface area contributed by atoms with Gasteiger partial charge in [-0.2, -0.15) is 0 Å². The average molecular weight is 354 g/mol. The van der Waals surface area contributed by atoms with Crippen LogP contribution in [0.3, 0.4) is 0 Å².